The number of urea groups is 1. The Morgan fingerprint density at radius 1 is 1.42 bits per heavy atom. The molecular formula is C18H31N3O3. The number of hydrogen-bond acceptors (Lipinski definition) is 4. The van der Waals surface area contributed by atoms with Crippen LogP contribution in [0.3, 0.4) is 0 Å². The van der Waals surface area contributed by atoms with E-state index in [1.807, 2.05) is 26.0 Å². The maximum absolute atomic E-state index is 12.3. The predicted octanol–water partition coefficient (Wildman–Crippen LogP) is 2.66. The van der Waals surface area contributed by atoms with E-state index in [1.165, 1.54) is 19.3 Å². The van der Waals surface area contributed by atoms with Crippen molar-refractivity contribution in [3.63, 3.8) is 0 Å². The van der Waals surface area contributed by atoms with Crippen molar-refractivity contribution in [2.75, 3.05) is 26.2 Å². The van der Waals surface area contributed by atoms with Crippen LogP contribution in [0.4, 0.5) is 4.79 Å². The molecule has 1 saturated heterocycles. The molecule has 2 amide bonds. The first-order valence-electron chi connectivity index (χ1n) is 9.02. The van der Waals surface area contributed by atoms with Crippen LogP contribution in [0.5, 0.6) is 0 Å². The molecule has 0 radical (unpaired) electrons. The van der Waals surface area contributed by atoms with Gasteiger partial charge in [-0.2, -0.15) is 0 Å². The molecule has 3 N–H and O–H groups in total. The summed E-state index contributed by atoms with van der Waals surface area (Å²) in [6, 6.07) is 3.74. The number of aliphatic hydroxyl groups is 1. The zero-order valence-electron chi connectivity index (χ0n) is 14.9. The van der Waals surface area contributed by atoms with Crippen molar-refractivity contribution >= 4 is 6.03 Å². The van der Waals surface area contributed by atoms with Gasteiger partial charge in [0.15, 0.2) is 0 Å². The minimum absolute atomic E-state index is 0.0629. The summed E-state index contributed by atoms with van der Waals surface area (Å²) in [5.41, 5.74) is -0.385. The van der Waals surface area contributed by atoms with Crippen LogP contribution in [0.25, 0.3) is 0 Å². The average Bonchev–Trinajstić information content (AvgIpc) is 3.10. The highest BCUT2D eigenvalue weighted by Gasteiger charge is 2.27. The fourth-order valence-electron chi connectivity index (χ4n) is 3.20. The Bertz CT molecular complexity index is 486. The van der Waals surface area contributed by atoms with E-state index in [2.05, 4.69) is 15.5 Å². The molecule has 0 saturated carbocycles. The quantitative estimate of drug-likeness (QED) is 0.681. The molecule has 0 spiro atoms. The van der Waals surface area contributed by atoms with Gasteiger partial charge in [-0.05, 0) is 57.8 Å². The van der Waals surface area contributed by atoms with Gasteiger partial charge in [-0.1, -0.05) is 13.3 Å². The van der Waals surface area contributed by atoms with E-state index in [4.69, 9.17) is 9.52 Å². The SMILES string of the molecule is CCC(C)(CCO)NC(=O)NCC(c1ccco1)N1CCCCC1. The van der Waals surface area contributed by atoms with Crippen molar-refractivity contribution in [1.29, 1.82) is 0 Å². The monoisotopic (exact) mass is 337 g/mol. The summed E-state index contributed by atoms with van der Waals surface area (Å²) in [6.07, 6.45) is 6.65. The summed E-state index contributed by atoms with van der Waals surface area (Å²) < 4.78 is 5.60. The first-order chi connectivity index (χ1) is 11.6. The van der Waals surface area contributed by atoms with Crippen molar-refractivity contribution in [1.82, 2.24) is 15.5 Å². The first-order valence-corrected chi connectivity index (χ1v) is 9.02. The molecule has 0 aromatic carbocycles. The van der Waals surface area contributed by atoms with Crippen LogP contribution in [-0.4, -0.2) is 47.8 Å². The lowest BCUT2D eigenvalue weighted by atomic mass is 9.95. The molecule has 24 heavy (non-hydrogen) atoms. The van der Waals surface area contributed by atoms with E-state index in [1.54, 1.807) is 6.26 Å². The number of carbonyl (C=O) groups is 1. The number of amides is 2. The number of nitrogens with zero attached hydrogens (tertiary/aromatic N) is 1. The number of nitrogens with one attached hydrogen (secondary N) is 2. The van der Waals surface area contributed by atoms with Crippen LogP contribution in [0.2, 0.25) is 0 Å². The fourth-order valence-corrected chi connectivity index (χ4v) is 3.20. The molecule has 1 aliphatic rings. The van der Waals surface area contributed by atoms with Crippen molar-refractivity contribution in [3.05, 3.63) is 24.2 Å². The number of rotatable bonds is 8. The maximum Gasteiger partial charge on any atom is 0.315 e. The minimum Gasteiger partial charge on any atom is -0.468 e. The van der Waals surface area contributed by atoms with Crippen LogP contribution >= 0.6 is 0 Å². The van der Waals surface area contributed by atoms with E-state index >= 15 is 0 Å². The molecule has 0 bridgehead atoms. The van der Waals surface area contributed by atoms with Crippen molar-refractivity contribution < 1.29 is 14.3 Å². The summed E-state index contributed by atoms with van der Waals surface area (Å²) >= 11 is 0. The smallest absolute Gasteiger partial charge is 0.315 e. The van der Waals surface area contributed by atoms with Gasteiger partial charge in [0.1, 0.15) is 5.76 Å². The Labute approximate surface area is 144 Å². The van der Waals surface area contributed by atoms with Gasteiger partial charge in [0.05, 0.1) is 12.3 Å². The lowest BCUT2D eigenvalue weighted by Crippen LogP contribution is -2.52. The van der Waals surface area contributed by atoms with E-state index < -0.39 is 0 Å². The van der Waals surface area contributed by atoms with Crippen molar-refractivity contribution in [2.45, 2.75) is 57.5 Å². The van der Waals surface area contributed by atoms with Gasteiger partial charge in [-0.25, -0.2) is 4.79 Å². The normalized spacial score (nSPS) is 19.5. The molecule has 1 aromatic rings. The van der Waals surface area contributed by atoms with E-state index in [0.717, 1.165) is 25.3 Å². The third-order valence-corrected chi connectivity index (χ3v) is 5.02. The zero-order chi connectivity index (χ0) is 17.4. The highest BCUT2D eigenvalue weighted by Crippen LogP contribution is 2.24. The van der Waals surface area contributed by atoms with Gasteiger partial charge in [0, 0.05) is 18.7 Å². The number of carbonyl (C=O) groups excluding carboxylic acids is 1. The Morgan fingerprint density at radius 3 is 2.75 bits per heavy atom. The Hall–Kier alpha value is -1.53. The topological polar surface area (TPSA) is 77.7 Å². The molecule has 1 fully saturated rings. The summed E-state index contributed by atoms with van der Waals surface area (Å²) in [4.78, 5) is 14.7. The van der Waals surface area contributed by atoms with Crippen LogP contribution in [0, 0.1) is 0 Å². The van der Waals surface area contributed by atoms with E-state index in [-0.39, 0.29) is 24.2 Å². The second kappa shape index (κ2) is 9.08. The Morgan fingerprint density at radius 2 is 2.17 bits per heavy atom. The summed E-state index contributed by atoms with van der Waals surface area (Å²) in [7, 11) is 0. The van der Waals surface area contributed by atoms with Gasteiger partial charge >= 0.3 is 6.03 Å². The highest BCUT2D eigenvalue weighted by atomic mass is 16.3. The molecule has 0 aliphatic carbocycles. The largest absolute Gasteiger partial charge is 0.468 e. The van der Waals surface area contributed by atoms with Crippen LogP contribution in [0.15, 0.2) is 22.8 Å². The third kappa shape index (κ3) is 5.24. The molecule has 2 unspecified atom stereocenters. The third-order valence-electron chi connectivity index (χ3n) is 5.02. The lowest BCUT2D eigenvalue weighted by molar-refractivity contribution is 0.142. The molecule has 1 aromatic heterocycles. The maximum atomic E-state index is 12.3. The molecule has 6 heteroatoms. The Balaban J connectivity index is 1.93. The predicted molar refractivity (Wildman–Crippen MR) is 93.8 cm³/mol. The van der Waals surface area contributed by atoms with Crippen LogP contribution < -0.4 is 10.6 Å². The van der Waals surface area contributed by atoms with Gasteiger partial charge < -0.3 is 20.2 Å². The number of furan rings is 1. The zero-order valence-corrected chi connectivity index (χ0v) is 14.9. The summed E-state index contributed by atoms with van der Waals surface area (Å²) in [6.45, 7) is 6.61. The molecule has 2 rings (SSSR count). The molecule has 2 heterocycles. The number of aliphatic hydroxyl groups excluding tert-OH is 1. The Kier molecular flexibility index (Phi) is 7.12. The molecular weight excluding hydrogens is 306 g/mol. The van der Waals surface area contributed by atoms with E-state index in [9.17, 15) is 4.79 Å². The standard InChI is InChI=1S/C18H31N3O3/c1-3-18(2,9-12-22)20-17(23)19-14-15(16-8-7-13-24-16)21-10-5-4-6-11-21/h7-8,13,15,22H,3-6,9-12,14H2,1-2H3,(H2,19,20,23). The van der Waals surface area contributed by atoms with Crippen LogP contribution in [0.1, 0.15) is 57.8 Å². The fraction of sp³-hybridized carbons (Fsp3) is 0.722. The molecule has 1 aliphatic heterocycles. The number of piperidine rings is 1. The van der Waals surface area contributed by atoms with Gasteiger partial charge in [-0.3, -0.25) is 4.90 Å². The summed E-state index contributed by atoms with van der Waals surface area (Å²) in [5.74, 6) is 0.894. The molecule has 6 nitrogen and oxygen atoms in total. The van der Waals surface area contributed by atoms with Gasteiger partial charge in [0.2, 0.25) is 0 Å². The number of likely N-dealkylation sites (tertiary alicyclic amines) is 1. The van der Waals surface area contributed by atoms with Crippen molar-refractivity contribution in [3.8, 4) is 0 Å². The average molecular weight is 337 g/mol. The summed E-state index contributed by atoms with van der Waals surface area (Å²) in [5, 5.41) is 15.1. The van der Waals surface area contributed by atoms with Crippen molar-refractivity contribution in [2.24, 2.45) is 0 Å². The number of hydrogen-bond donors (Lipinski definition) is 3. The minimum atomic E-state index is -0.385. The van der Waals surface area contributed by atoms with Crippen LogP contribution in [-0.2, 0) is 0 Å². The second-order valence-electron chi connectivity index (χ2n) is 6.85. The van der Waals surface area contributed by atoms with E-state index in [0.29, 0.717) is 13.0 Å². The van der Waals surface area contributed by atoms with Gasteiger partial charge in [0.25, 0.3) is 0 Å². The molecule has 2 atom stereocenters. The first kappa shape index (κ1) is 18.8. The van der Waals surface area contributed by atoms with Gasteiger partial charge in [-0.15, -0.1) is 0 Å². The second-order valence-corrected chi connectivity index (χ2v) is 6.85. The lowest BCUT2D eigenvalue weighted by Gasteiger charge is -2.34. The molecule has 136 valence electrons. The highest BCUT2D eigenvalue weighted by molar-refractivity contribution is 5.74.